The molecular weight excluding hydrogens is 467 g/mol. The van der Waals surface area contributed by atoms with Gasteiger partial charge >= 0.3 is 12.1 Å². The highest BCUT2D eigenvalue weighted by Crippen LogP contribution is 2.40. The number of piperidine rings is 1. The summed E-state index contributed by atoms with van der Waals surface area (Å²) in [5.41, 5.74) is -1.07. The fourth-order valence-corrected chi connectivity index (χ4v) is 4.27. The lowest BCUT2D eigenvalue weighted by Crippen LogP contribution is -2.33. The first-order valence-corrected chi connectivity index (χ1v) is 11.1. The number of ether oxygens (including phenoxy) is 2. The molecule has 1 atom stereocenters. The second-order valence-corrected chi connectivity index (χ2v) is 8.63. The van der Waals surface area contributed by atoms with Gasteiger partial charge in [0.25, 0.3) is 5.76 Å². The summed E-state index contributed by atoms with van der Waals surface area (Å²) in [6, 6.07) is 7.57. The highest BCUT2D eigenvalue weighted by atomic mass is 19.4. The lowest BCUT2D eigenvalue weighted by molar-refractivity contribution is -0.154. The number of nitrogens with zero attached hydrogens (tertiary/aromatic N) is 1. The van der Waals surface area contributed by atoms with Gasteiger partial charge in [-0.05, 0) is 61.7 Å². The molecule has 10 heteroatoms. The largest absolute Gasteiger partial charge is 0.507 e. The molecule has 1 unspecified atom stereocenters. The molecule has 2 heterocycles. The van der Waals surface area contributed by atoms with Crippen molar-refractivity contribution in [2.45, 2.75) is 32.5 Å². The Kier molecular flexibility index (Phi) is 6.75. The number of hydrogen-bond acceptors (Lipinski definition) is 7. The number of phenolic OH excluding ortho intramolecular Hbond substituents is 1. The number of carbonyl (C=O) groups excluding carboxylic acids is 1. The first-order valence-electron chi connectivity index (χ1n) is 11.1. The van der Waals surface area contributed by atoms with Gasteiger partial charge in [0.2, 0.25) is 11.2 Å². The maximum absolute atomic E-state index is 14.0. The molecule has 0 spiro atoms. The predicted octanol–water partition coefficient (Wildman–Crippen LogP) is 5.33. The van der Waals surface area contributed by atoms with E-state index in [0.29, 0.717) is 5.92 Å². The van der Waals surface area contributed by atoms with Crippen molar-refractivity contribution >= 4 is 16.9 Å². The van der Waals surface area contributed by atoms with Crippen LogP contribution in [0.5, 0.6) is 17.2 Å². The van der Waals surface area contributed by atoms with E-state index in [2.05, 4.69) is 11.7 Å². The van der Waals surface area contributed by atoms with Crippen molar-refractivity contribution in [3.8, 4) is 17.2 Å². The molecule has 1 aliphatic rings. The first kappa shape index (κ1) is 24.6. The maximum atomic E-state index is 14.0. The molecule has 1 N–H and O–H groups in total. The fraction of sp³-hybridized carbons (Fsp3) is 0.360. The number of methoxy groups -OCH3 is 1. The average molecular weight is 491 g/mol. The SMILES string of the molecule is COC(=O)c1ccc(Oc2c(C(F)(F)F)oc3c(CN4CCCC(C)C4)c(O)ccc3c2=O)cc1. The summed E-state index contributed by atoms with van der Waals surface area (Å²) < 4.78 is 57.1. The fourth-order valence-electron chi connectivity index (χ4n) is 4.27. The summed E-state index contributed by atoms with van der Waals surface area (Å²) in [6.07, 6.45) is -3.07. The number of phenols is 1. The Bertz CT molecular complexity index is 1300. The number of aromatic hydroxyl groups is 1. The van der Waals surface area contributed by atoms with E-state index in [4.69, 9.17) is 9.15 Å². The Balaban J connectivity index is 1.80. The summed E-state index contributed by atoms with van der Waals surface area (Å²) in [4.78, 5) is 26.8. The number of likely N-dealkylation sites (tertiary alicyclic amines) is 1. The second-order valence-electron chi connectivity index (χ2n) is 8.63. The van der Waals surface area contributed by atoms with E-state index < -0.39 is 29.1 Å². The van der Waals surface area contributed by atoms with Gasteiger partial charge in [0.15, 0.2) is 0 Å². The predicted molar refractivity (Wildman–Crippen MR) is 121 cm³/mol. The number of fused-ring (bicyclic) bond motifs is 1. The third kappa shape index (κ3) is 5.12. The van der Waals surface area contributed by atoms with Crippen LogP contribution < -0.4 is 10.2 Å². The van der Waals surface area contributed by atoms with Gasteiger partial charge in [-0.25, -0.2) is 4.79 Å². The zero-order chi connectivity index (χ0) is 25.3. The Morgan fingerprint density at radius 2 is 1.91 bits per heavy atom. The number of benzene rings is 2. The van der Waals surface area contributed by atoms with E-state index in [9.17, 15) is 27.9 Å². The van der Waals surface area contributed by atoms with E-state index >= 15 is 0 Å². The van der Waals surface area contributed by atoms with Gasteiger partial charge in [-0.1, -0.05) is 6.92 Å². The number of halogens is 3. The molecule has 4 rings (SSSR count). The molecule has 35 heavy (non-hydrogen) atoms. The molecule has 3 aromatic rings. The van der Waals surface area contributed by atoms with Crippen molar-refractivity contribution in [2.24, 2.45) is 5.92 Å². The standard InChI is InChI=1S/C25H24F3NO6/c1-14-4-3-11-29(12-14)13-18-19(30)10-9-17-20(31)22(23(25(26,27)28)35-21(17)18)34-16-7-5-15(6-8-16)24(32)33-2/h5-10,14,30H,3-4,11-13H2,1-2H3. The molecule has 1 aliphatic heterocycles. The highest BCUT2D eigenvalue weighted by Gasteiger charge is 2.41. The van der Waals surface area contributed by atoms with Crippen LogP contribution in [0.25, 0.3) is 11.0 Å². The Morgan fingerprint density at radius 1 is 1.20 bits per heavy atom. The number of carbonyl (C=O) groups is 1. The van der Waals surface area contributed by atoms with E-state index in [0.717, 1.165) is 25.9 Å². The van der Waals surface area contributed by atoms with Crippen molar-refractivity contribution in [1.82, 2.24) is 4.90 Å². The molecule has 0 bridgehead atoms. The van der Waals surface area contributed by atoms with E-state index in [-0.39, 0.29) is 40.1 Å². The molecule has 2 aromatic carbocycles. The lowest BCUT2D eigenvalue weighted by Gasteiger charge is -2.31. The number of hydrogen-bond donors (Lipinski definition) is 1. The number of esters is 1. The molecule has 1 fully saturated rings. The lowest BCUT2D eigenvalue weighted by atomic mass is 9.99. The topological polar surface area (TPSA) is 89.2 Å². The third-order valence-corrected chi connectivity index (χ3v) is 5.97. The first-order chi connectivity index (χ1) is 16.6. The highest BCUT2D eigenvalue weighted by molar-refractivity contribution is 5.89. The molecular formula is C25H24F3NO6. The molecule has 0 amide bonds. The van der Waals surface area contributed by atoms with Crippen molar-refractivity contribution in [1.29, 1.82) is 0 Å². The van der Waals surface area contributed by atoms with Crippen LogP contribution in [0, 0.1) is 5.92 Å². The Morgan fingerprint density at radius 3 is 2.54 bits per heavy atom. The summed E-state index contributed by atoms with van der Waals surface area (Å²) in [5.74, 6) is -3.21. The molecule has 1 saturated heterocycles. The van der Waals surface area contributed by atoms with Gasteiger partial charge in [0.1, 0.15) is 17.1 Å². The Labute approximate surface area is 198 Å². The van der Waals surface area contributed by atoms with Crippen LogP contribution in [0.15, 0.2) is 45.6 Å². The number of rotatable bonds is 5. The van der Waals surface area contributed by atoms with Crippen LogP contribution in [-0.4, -0.2) is 36.2 Å². The van der Waals surface area contributed by atoms with Crippen LogP contribution >= 0.6 is 0 Å². The Hall–Kier alpha value is -3.53. The maximum Gasteiger partial charge on any atom is 0.453 e. The second kappa shape index (κ2) is 9.61. The zero-order valence-electron chi connectivity index (χ0n) is 19.1. The normalized spacial score (nSPS) is 16.9. The van der Waals surface area contributed by atoms with Gasteiger partial charge in [-0.2, -0.15) is 13.2 Å². The molecule has 0 radical (unpaired) electrons. The molecule has 7 nitrogen and oxygen atoms in total. The van der Waals surface area contributed by atoms with Gasteiger partial charge in [-0.3, -0.25) is 9.69 Å². The molecule has 186 valence electrons. The van der Waals surface area contributed by atoms with Crippen molar-refractivity contribution in [3.05, 3.63) is 63.5 Å². The quantitative estimate of drug-likeness (QED) is 0.483. The van der Waals surface area contributed by atoms with Crippen LogP contribution in [0.3, 0.4) is 0 Å². The van der Waals surface area contributed by atoms with Gasteiger partial charge in [0, 0.05) is 13.1 Å². The van der Waals surface area contributed by atoms with Gasteiger partial charge in [-0.15, -0.1) is 0 Å². The average Bonchev–Trinajstić information content (AvgIpc) is 2.81. The van der Waals surface area contributed by atoms with Gasteiger partial charge < -0.3 is 19.0 Å². The third-order valence-electron chi connectivity index (χ3n) is 5.97. The van der Waals surface area contributed by atoms with Crippen LogP contribution in [0.1, 0.15) is 41.4 Å². The van der Waals surface area contributed by atoms with Crippen molar-refractivity contribution < 1.29 is 37.0 Å². The molecule has 0 aliphatic carbocycles. The summed E-state index contributed by atoms with van der Waals surface area (Å²) >= 11 is 0. The summed E-state index contributed by atoms with van der Waals surface area (Å²) in [5, 5.41) is 10.3. The van der Waals surface area contributed by atoms with Crippen LogP contribution in [0.4, 0.5) is 13.2 Å². The van der Waals surface area contributed by atoms with Crippen molar-refractivity contribution in [2.75, 3.05) is 20.2 Å². The van der Waals surface area contributed by atoms with Crippen LogP contribution in [-0.2, 0) is 17.5 Å². The van der Waals surface area contributed by atoms with E-state index in [1.54, 1.807) is 0 Å². The van der Waals surface area contributed by atoms with E-state index in [1.165, 1.54) is 43.5 Å². The minimum absolute atomic E-state index is 0.101. The van der Waals surface area contributed by atoms with E-state index in [1.807, 2.05) is 4.90 Å². The monoisotopic (exact) mass is 491 g/mol. The zero-order valence-corrected chi connectivity index (χ0v) is 19.1. The van der Waals surface area contributed by atoms with Gasteiger partial charge in [0.05, 0.1) is 23.6 Å². The smallest absolute Gasteiger partial charge is 0.453 e. The van der Waals surface area contributed by atoms with Crippen LogP contribution in [0.2, 0.25) is 0 Å². The molecule has 0 saturated carbocycles. The number of alkyl halides is 3. The summed E-state index contributed by atoms with van der Waals surface area (Å²) in [6.45, 7) is 3.66. The minimum Gasteiger partial charge on any atom is -0.507 e. The van der Waals surface area contributed by atoms with Crippen molar-refractivity contribution in [3.63, 3.8) is 0 Å². The summed E-state index contributed by atoms with van der Waals surface area (Å²) in [7, 11) is 1.19. The minimum atomic E-state index is -5.04. The molecule has 1 aromatic heterocycles.